The van der Waals surface area contributed by atoms with Gasteiger partial charge in [-0.25, -0.2) is 8.42 Å². The van der Waals surface area contributed by atoms with Crippen molar-refractivity contribution in [2.24, 2.45) is 0 Å². The Labute approximate surface area is 204 Å². The summed E-state index contributed by atoms with van der Waals surface area (Å²) in [6.45, 7) is 2.05. The minimum Gasteiger partial charge on any atom is -0.457 e. The molecule has 172 valence electrons. The maximum Gasteiger partial charge on any atom is 0.206 e. The van der Waals surface area contributed by atoms with Crippen LogP contribution < -0.4 is 4.74 Å². The predicted octanol–water partition coefficient (Wildman–Crippen LogP) is 6.74. The first kappa shape index (κ1) is 22.5. The number of pyridine rings is 2. The molecular formula is C29H22N2O3S. The standard InChI is InChI=1S/C29H22N2O3S/c1-21-17-28(23-8-6-16-31-20-23)29(18-27(21)22-7-5-15-30-19-22)34-24-11-13-26(14-12-24)35(32,33)25-9-3-2-4-10-25/h2-20H,1H3. The summed E-state index contributed by atoms with van der Waals surface area (Å²) in [6.07, 6.45) is 7.08. The van der Waals surface area contributed by atoms with Gasteiger partial charge in [-0.3, -0.25) is 9.97 Å². The van der Waals surface area contributed by atoms with E-state index < -0.39 is 9.84 Å². The maximum atomic E-state index is 12.9. The lowest BCUT2D eigenvalue weighted by Crippen LogP contribution is -2.01. The molecule has 0 saturated carbocycles. The van der Waals surface area contributed by atoms with Crippen molar-refractivity contribution in [3.8, 4) is 33.8 Å². The average Bonchev–Trinajstić information content (AvgIpc) is 2.91. The van der Waals surface area contributed by atoms with Gasteiger partial charge in [-0.1, -0.05) is 30.3 Å². The minimum atomic E-state index is -3.60. The van der Waals surface area contributed by atoms with Crippen LogP contribution >= 0.6 is 0 Å². The summed E-state index contributed by atoms with van der Waals surface area (Å²) in [5.74, 6) is 1.17. The lowest BCUT2D eigenvalue weighted by molar-refractivity contribution is 0.484. The van der Waals surface area contributed by atoms with Gasteiger partial charge in [-0.2, -0.15) is 0 Å². The van der Waals surface area contributed by atoms with Crippen LogP contribution in [-0.2, 0) is 9.84 Å². The van der Waals surface area contributed by atoms with Gasteiger partial charge < -0.3 is 4.74 Å². The number of rotatable bonds is 6. The van der Waals surface area contributed by atoms with E-state index in [4.69, 9.17) is 4.74 Å². The largest absolute Gasteiger partial charge is 0.457 e. The topological polar surface area (TPSA) is 69.2 Å². The van der Waals surface area contributed by atoms with Gasteiger partial charge in [0.05, 0.1) is 9.79 Å². The number of sulfone groups is 1. The molecule has 0 saturated heterocycles. The summed E-state index contributed by atoms with van der Waals surface area (Å²) < 4.78 is 32.2. The summed E-state index contributed by atoms with van der Waals surface area (Å²) in [5, 5.41) is 0. The molecule has 5 rings (SSSR count). The van der Waals surface area contributed by atoms with E-state index in [-0.39, 0.29) is 9.79 Å². The predicted molar refractivity (Wildman–Crippen MR) is 136 cm³/mol. The molecule has 35 heavy (non-hydrogen) atoms. The zero-order valence-corrected chi connectivity index (χ0v) is 19.8. The SMILES string of the molecule is Cc1cc(-c2cccnc2)c(Oc2ccc(S(=O)(=O)c3ccccc3)cc2)cc1-c1cccnc1. The highest BCUT2D eigenvalue weighted by molar-refractivity contribution is 7.91. The Hall–Kier alpha value is -4.29. The third-order valence-corrected chi connectivity index (χ3v) is 7.47. The summed E-state index contributed by atoms with van der Waals surface area (Å²) >= 11 is 0. The van der Waals surface area contributed by atoms with Crippen molar-refractivity contribution >= 4 is 9.84 Å². The molecule has 0 aliphatic heterocycles. The van der Waals surface area contributed by atoms with E-state index in [9.17, 15) is 8.42 Å². The first-order valence-corrected chi connectivity index (χ1v) is 12.5. The Balaban J connectivity index is 1.54. The van der Waals surface area contributed by atoms with E-state index in [1.165, 1.54) is 0 Å². The molecule has 0 unspecified atom stereocenters. The monoisotopic (exact) mass is 478 g/mol. The molecular weight excluding hydrogens is 456 g/mol. The fourth-order valence-electron chi connectivity index (χ4n) is 3.90. The summed E-state index contributed by atoms with van der Waals surface area (Å²) in [7, 11) is -3.60. The van der Waals surface area contributed by atoms with Gasteiger partial charge >= 0.3 is 0 Å². The third kappa shape index (κ3) is 4.69. The van der Waals surface area contributed by atoms with E-state index in [1.54, 1.807) is 73.2 Å². The molecule has 2 aromatic heterocycles. The van der Waals surface area contributed by atoms with Gasteiger partial charge in [-0.15, -0.1) is 0 Å². The average molecular weight is 479 g/mol. The van der Waals surface area contributed by atoms with E-state index >= 15 is 0 Å². The van der Waals surface area contributed by atoms with Crippen LogP contribution in [0.25, 0.3) is 22.3 Å². The molecule has 0 fully saturated rings. The lowest BCUT2D eigenvalue weighted by atomic mass is 9.96. The zero-order valence-electron chi connectivity index (χ0n) is 19.0. The lowest BCUT2D eigenvalue weighted by Gasteiger charge is -2.16. The van der Waals surface area contributed by atoms with Gasteiger partial charge in [0.15, 0.2) is 0 Å². The number of nitrogens with zero attached hydrogens (tertiary/aromatic N) is 2. The van der Waals surface area contributed by atoms with Crippen molar-refractivity contribution < 1.29 is 13.2 Å². The van der Waals surface area contributed by atoms with Crippen LogP contribution in [0.4, 0.5) is 0 Å². The smallest absolute Gasteiger partial charge is 0.206 e. The molecule has 5 nitrogen and oxygen atoms in total. The van der Waals surface area contributed by atoms with Gasteiger partial charge in [0.25, 0.3) is 0 Å². The molecule has 2 heterocycles. The molecule has 6 heteroatoms. The number of aromatic nitrogens is 2. The summed E-state index contributed by atoms with van der Waals surface area (Å²) in [6, 6.07) is 26.7. The van der Waals surface area contributed by atoms with E-state index in [1.807, 2.05) is 36.5 Å². The molecule has 5 aromatic rings. The van der Waals surface area contributed by atoms with Crippen LogP contribution in [0.5, 0.6) is 11.5 Å². The zero-order chi connectivity index (χ0) is 24.3. The van der Waals surface area contributed by atoms with E-state index in [0.717, 1.165) is 27.8 Å². The first-order chi connectivity index (χ1) is 17.0. The maximum absolute atomic E-state index is 12.9. The van der Waals surface area contributed by atoms with Gasteiger partial charge in [0, 0.05) is 41.5 Å². The minimum absolute atomic E-state index is 0.212. The number of aryl methyl sites for hydroxylation is 1. The van der Waals surface area contributed by atoms with Gasteiger partial charge in [-0.05, 0) is 78.7 Å². The Bertz CT molecular complexity index is 1550. The van der Waals surface area contributed by atoms with Crippen molar-refractivity contribution in [3.05, 3.63) is 121 Å². The summed E-state index contributed by atoms with van der Waals surface area (Å²) in [4.78, 5) is 8.97. The molecule has 0 bridgehead atoms. The van der Waals surface area contributed by atoms with Crippen molar-refractivity contribution in [3.63, 3.8) is 0 Å². The van der Waals surface area contributed by atoms with Crippen LogP contribution in [0, 0.1) is 6.92 Å². The van der Waals surface area contributed by atoms with E-state index in [2.05, 4.69) is 23.0 Å². The highest BCUT2D eigenvalue weighted by atomic mass is 32.2. The molecule has 0 spiro atoms. The Kier molecular flexibility index (Phi) is 6.12. The van der Waals surface area contributed by atoms with E-state index in [0.29, 0.717) is 11.5 Å². The Morgan fingerprint density at radius 3 is 1.86 bits per heavy atom. The molecule has 0 aliphatic carbocycles. The van der Waals surface area contributed by atoms with Crippen molar-refractivity contribution in [1.82, 2.24) is 9.97 Å². The number of ether oxygens (including phenoxy) is 1. The van der Waals surface area contributed by atoms with Crippen molar-refractivity contribution in [2.75, 3.05) is 0 Å². The molecule has 0 radical (unpaired) electrons. The normalized spacial score (nSPS) is 11.2. The fraction of sp³-hybridized carbons (Fsp3) is 0.0345. The second-order valence-electron chi connectivity index (χ2n) is 8.04. The van der Waals surface area contributed by atoms with Crippen LogP contribution in [0.15, 0.2) is 126 Å². The molecule has 3 aromatic carbocycles. The highest BCUT2D eigenvalue weighted by Crippen LogP contribution is 2.39. The second kappa shape index (κ2) is 9.52. The number of hydrogen-bond donors (Lipinski definition) is 0. The second-order valence-corrected chi connectivity index (χ2v) is 9.99. The van der Waals surface area contributed by atoms with Gasteiger partial charge in [0.1, 0.15) is 11.5 Å². The molecule has 0 N–H and O–H groups in total. The summed E-state index contributed by atoms with van der Waals surface area (Å²) in [5.41, 5.74) is 4.88. The van der Waals surface area contributed by atoms with Crippen LogP contribution in [0.1, 0.15) is 5.56 Å². The third-order valence-electron chi connectivity index (χ3n) is 5.69. The fourth-order valence-corrected chi connectivity index (χ4v) is 5.18. The quantitative estimate of drug-likeness (QED) is 0.270. The molecule has 0 aliphatic rings. The van der Waals surface area contributed by atoms with Gasteiger partial charge in [0.2, 0.25) is 9.84 Å². The van der Waals surface area contributed by atoms with Crippen LogP contribution in [0.2, 0.25) is 0 Å². The Morgan fingerprint density at radius 1 is 0.657 bits per heavy atom. The van der Waals surface area contributed by atoms with Crippen LogP contribution in [-0.4, -0.2) is 18.4 Å². The van der Waals surface area contributed by atoms with Crippen LogP contribution in [0.3, 0.4) is 0 Å². The van der Waals surface area contributed by atoms with Crippen molar-refractivity contribution in [2.45, 2.75) is 16.7 Å². The highest BCUT2D eigenvalue weighted by Gasteiger charge is 2.18. The van der Waals surface area contributed by atoms with Crippen molar-refractivity contribution in [1.29, 1.82) is 0 Å². The first-order valence-electron chi connectivity index (χ1n) is 11.1. The number of benzene rings is 3. The number of hydrogen-bond acceptors (Lipinski definition) is 5. The molecule has 0 amide bonds. The Morgan fingerprint density at radius 2 is 1.26 bits per heavy atom. The molecule has 0 atom stereocenters.